The lowest BCUT2D eigenvalue weighted by Crippen LogP contribution is -2.40. The summed E-state index contributed by atoms with van der Waals surface area (Å²) in [5.41, 5.74) is 1.10. The van der Waals surface area contributed by atoms with Gasteiger partial charge in [-0.3, -0.25) is 4.79 Å². The first-order chi connectivity index (χ1) is 9.76. The van der Waals surface area contributed by atoms with E-state index in [2.05, 4.69) is 5.32 Å². The SMILES string of the molecule is CNCC1CCCN1C(=O)CCc1ccccc1OC.Cl. The Morgan fingerprint density at radius 3 is 2.90 bits per heavy atom. The Kier molecular flexibility index (Phi) is 7.54. The molecular weight excluding hydrogens is 288 g/mol. The molecule has 1 fully saturated rings. The molecule has 4 nitrogen and oxygen atoms in total. The van der Waals surface area contributed by atoms with Crippen LogP contribution in [0.2, 0.25) is 0 Å². The van der Waals surface area contributed by atoms with Crippen molar-refractivity contribution in [2.75, 3.05) is 27.2 Å². The van der Waals surface area contributed by atoms with Gasteiger partial charge in [-0.25, -0.2) is 0 Å². The summed E-state index contributed by atoms with van der Waals surface area (Å²) >= 11 is 0. The number of amides is 1. The zero-order chi connectivity index (χ0) is 14.4. The highest BCUT2D eigenvalue weighted by atomic mass is 35.5. The quantitative estimate of drug-likeness (QED) is 0.876. The van der Waals surface area contributed by atoms with Crippen molar-refractivity contribution < 1.29 is 9.53 Å². The van der Waals surface area contributed by atoms with Crippen LogP contribution in [0.15, 0.2) is 24.3 Å². The van der Waals surface area contributed by atoms with E-state index in [0.717, 1.165) is 43.7 Å². The Morgan fingerprint density at radius 1 is 1.43 bits per heavy atom. The Bertz CT molecular complexity index is 454. The van der Waals surface area contributed by atoms with Crippen molar-refractivity contribution in [1.82, 2.24) is 10.2 Å². The van der Waals surface area contributed by atoms with E-state index in [1.54, 1.807) is 7.11 Å². The maximum absolute atomic E-state index is 12.4. The average molecular weight is 313 g/mol. The Balaban J connectivity index is 0.00000220. The van der Waals surface area contributed by atoms with Gasteiger partial charge in [0, 0.05) is 25.6 Å². The summed E-state index contributed by atoms with van der Waals surface area (Å²) < 4.78 is 5.33. The van der Waals surface area contributed by atoms with Gasteiger partial charge in [0.25, 0.3) is 0 Å². The average Bonchev–Trinajstić information content (AvgIpc) is 2.94. The fraction of sp³-hybridized carbons (Fsp3) is 0.562. The minimum Gasteiger partial charge on any atom is -0.496 e. The number of ether oxygens (including phenoxy) is 1. The van der Waals surface area contributed by atoms with Gasteiger partial charge in [0.2, 0.25) is 5.91 Å². The molecule has 0 bridgehead atoms. The third-order valence-electron chi connectivity index (χ3n) is 3.94. The number of benzene rings is 1. The molecule has 1 N–H and O–H groups in total. The number of likely N-dealkylation sites (tertiary alicyclic amines) is 1. The molecule has 2 rings (SSSR count). The van der Waals surface area contributed by atoms with Crippen molar-refractivity contribution in [2.45, 2.75) is 31.7 Å². The highest BCUT2D eigenvalue weighted by molar-refractivity contribution is 5.85. The third kappa shape index (κ3) is 4.61. The molecule has 0 radical (unpaired) electrons. The molecule has 118 valence electrons. The molecule has 1 heterocycles. The van der Waals surface area contributed by atoms with E-state index in [-0.39, 0.29) is 18.3 Å². The number of hydrogen-bond acceptors (Lipinski definition) is 3. The molecule has 0 spiro atoms. The van der Waals surface area contributed by atoms with Crippen LogP contribution in [0.4, 0.5) is 0 Å². The van der Waals surface area contributed by atoms with Crippen LogP contribution < -0.4 is 10.1 Å². The first-order valence-corrected chi connectivity index (χ1v) is 7.32. The maximum atomic E-state index is 12.4. The molecule has 0 aliphatic carbocycles. The number of carbonyl (C=O) groups excluding carboxylic acids is 1. The molecule has 21 heavy (non-hydrogen) atoms. The first kappa shape index (κ1) is 17.8. The summed E-state index contributed by atoms with van der Waals surface area (Å²) in [7, 11) is 3.61. The molecule has 1 aromatic carbocycles. The number of likely N-dealkylation sites (N-methyl/N-ethyl adjacent to an activating group) is 1. The molecule has 1 amide bonds. The summed E-state index contributed by atoms with van der Waals surface area (Å²) in [4.78, 5) is 14.4. The molecule has 1 unspecified atom stereocenters. The minimum atomic E-state index is 0. The number of hydrogen-bond donors (Lipinski definition) is 1. The third-order valence-corrected chi connectivity index (χ3v) is 3.94. The van der Waals surface area contributed by atoms with Gasteiger partial charge in [0.1, 0.15) is 5.75 Å². The van der Waals surface area contributed by atoms with E-state index in [9.17, 15) is 4.79 Å². The van der Waals surface area contributed by atoms with E-state index in [1.165, 1.54) is 0 Å². The van der Waals surface area contributed by atoms with Crippen molar-refractivity contribution in [3.63, 3.8) is 0 Å². The second-order valence-electron chi connectivity index (χ2n) is 5.25. The topological polar surface area (TPSA) is 41.6 Å². The zero-order valence-electron chi connectivity index (χ0n) is 12.8. The van der Waals surface area contributed by atoms with E-state index in [4.69, 9.17) is 4.74 Å². The monoisotopic (exact) mass is 312 g/mol. The Hall–Kier alpha value is -1.26. The molecule has 0 aromatic heterocycles. The fourth-order valence-electron chi connectivity index (χ4n) is 2.91. The second kappa shape index (κ2) is 8.90. The molecule has 5 heteroatoms. The van der Waals surface area contributed by atoms with Crippen LogP contribution in [0.3, 0.4) is 0 Å². The predicted octanol–water partition coefficient (Wildman–Crippen LogP) is 2.26. The van der Waals surface area contributed by atoms with Crippen LogP contribution in [0.25, 0.3) is 0 Å². The fourth-order valence-corrected chi connectivity index (χ4v) is 2.91. The number of para-hydroxylation sites is 1. The smallest absolute Gasteiger partial charge is 0.223 e. The van der Waals surface area contributed by atoms with Gasteiger partial charge in [0.05, 0.1) is 7.11 Å². The van der Waals surface area contributed by atoms with Gasteiger partial charge >= 0.3 is 0 Å². The molecule has 0 saturated carbocycles. The second-order valence-corrected chi connectivity index (χ2v) is 5.25. The summed E-state index contributed by atoms with van der Waals surface area (Å²) in [5.74, 6) is 1.13. The van der Waals surface area contributed by atoms with E-state index >= 15 is 0 Å². The van der Waals surface area contributed by atoms with Crippen molar-refractivity contribution in [3.8, 4) is 5.75 Å². The summed E-state index contributed by atoms with van der Waals surface area (Å²) in [6, 6.07) is 8.28. The molecular formula is C16H25ClN2O2. The number of carbonyl (C=O) groups is 1. The number of methoxy groups -OCH3 is 1. The first-order valence-electron chi connectivity index (χ1n) is 7.32. The van der Waals surface area contributed by atoms with Crippen molar-refractivity contribution >= 4 is 18.3 Å². The van der Waals surface area contributed by atoms with Crippen LogP contribution in [-0.4, -0.2) is 44.1 Å². The van der Waals surface area contributed by atoms with E-state index < -0.39 is 0 Å². The Morgan fingerprint density at radius 2 is 2.19 bits per heavy atom. The lowest BCUT2D eigenvalue weighted by molar-refractivity contribution is -0.131. The number of rotatable bonds is 6. The molecule has 1 saturated heterocycles. The Labute approximate surface area is 133 Å². The largest absolute Gasteiger partial charge is 0.496 e. The van der Waals surface area contributed by atoms with Crippen molar-refractivity contribution in [3.05, 3.63) is 29.8 Å². The van der Waals surface area contributed by atoms with Crippen LogP contribution in [0.1, 0.15) is 24.8 Å². The number of aryl methyl sites for hydroxylation is 1. The highest BCUT2D eigenvalue weighted by Crippen LogP contribution is 2.21. The van der Waals surface area contributed by atoms with Crippen LogP contribution >= 0.6 is 12.4 Å². The molecule has 1 atom stereocenters. The van der Waals surface area contributed by atoms with Gasteiger partial charge in [-0.05, 0) is 37.9 Å². The van der Waals surface area contributed by atoms with Gasteiger partial charge < -0.3 is 15.0 Å². The summed E-state index contributed by atoms with van der Waals surface area (Å²) in [5, 5.41) is 3.17. The minimum absolute atomic E-state index is 0. The molecule has 1 aromatic rings. The summed E-state index contributed by atoms with van der Waals surface area (Å²) in [6.45, 7) is 1.79. The lowest BCUT2D eigenvalue weighted by Gasteiger charge is -2.24. The number of halogens is 1. The molecule has 1 aliphatic heterocycles. The normalized spacial score (nSPS) is 17.4. The predicted molar refractivity (Wildman–Crippen MR) is 87.2 cm³/mol. The number of nitrogens with zero attached hydrogens (tertiary/aromatic N) is 1. The van der Waals surface area contributed by atoms with Crippen molar-refractivity contribution in [2.24, 2.45) is 0 Å². The van der Waals surface area contributed by atoms with Crippen LogP contribution in [-0.2, 0) is 11.2 Å². The van der Waals surface area contributed by atoms with Gasteiger partial charge in [0.15, 0.2) is 0 Å². The van der Waals surface area contributed by atoms with Gasteiger partial charge in [-0.1, -0.05) is 18.2 Å². The maximum Gasteiger partial charge on any atom is 0.223 e. The van der Waals surface area contributed by atoms with E-state index in [1.807, 2.05) is 36.2 Å². The molecule has 1 aliphatic rings. The van der Waals surface area contributed by atoms with Gasteiger partial charge in [-0.2, -0.15) is 0 Å². The van der Waals surface area contributed by atoms with Gasteiger partial charge in [-0.15, -0.1) is 12.4 Å². The van der Waals surface area contributed by atoms with Crippen LogP contribution in [0, 0.1) is 0 Å². The standard InChI is InChI=1S/C16H24N2O2.ClH/c1-17-12-14-7-5-11-18(14)16(19)10-9-13-6-3-4-8-15(13)20-2;/h3-4,6,8,14,17H,5,7,9-12H2,1-2H3;1H. The zero-order valence-corrected chi connectivity index (χ0v) is 13.6. The number of nitrogens with one attached hydrogen (secondary N) is 1. The van der Waals surface area contributed by atoms with Crippen molar-refractivity contribution in [1.29, 1.82) is 0 Å². The van der Waals surface area contributed by atoms with Crippen LogP contribution in [0.5, 0.6) is 5.75 Å². The highest BCUT2D eigenvalue weighted by Gasteiger charge is 2.27. The lowest BCUT2D eigenvalue weighted by atomic mass is 10.1. The summed E-state index contributed by atoms with van der Waals surface area (Å²) in [6.07, 6.45) is 3.53. The van der Waals surface area contributed by atoms with E-state index in [0.29, 0.717) is 12.5 Å².